The molecule has 0 bridgehead atoms. The third kappa shape index (κ3) is 3.19. The van der Waals surface area contributed by atoms with Crippen LogP contribution < -0.4 is 16.1 Å². The lowest BCUT2D eigenvalue weighted by Crippen LogP contribution is -2.17. The number of benzene rings is 1. The standard InChI is InChI=1S/C8H13N2O2P/c9-3-4-10-13-8-5-6(11)1-2-7(8)12/h1-2,5,10-13H,3-4,9H2. The number of nitrogens with one attached hydrogen (secondary N) is 1. The summed E-state index contributed by atoms with van der Waals surface area (Å²) in [5.41, 5.74) is 5.29. The minimum atomic E-state index is 0.162. The molecular weight excluding hydrogens is 187 g/mol. The van der Waals surface area contributed by atoms with Crippen molar-refractivity contribution in [2.45, 2.75) is 0 Å². The first-order valence-corrected chi connectivity index (χ1v) is 4.95. The number of aromatic hydroxyl groups is 2. The molecule has 0 aliphatic rings. The Hall–Kier alpha value is -0.830. The molecule has 0 aliphatic carbocycles. The summed E-state index contributed by atoms with van der Waals surface area (Å²) in [7, 11) is 0.267. The van der Waals surface area contributed by atoms with E-state index in [0.29, 0.717) is 18.4 Å². The van der Waals surface area contributed by atoms with Crippen molar-refractivity contribution < 1.29 is 10.2 Å². The molecule has 1 unspecified atom stereocenters. The van der Waals surface area contributed by atoms with E-state index in [1.54, 1.807) is 0 Å². The third-order valence-electron chi connectivity index (χ3n) is 1.47. The highest BCUT2D eigenvalue weighted by molar-refractivity contribution is 7.45. The summed E-state index contributed by atoms with van der Waals surface area (Å²) in [6.45, 7) is 1.26. The summed E-state index contributed by atoms with van der Waals surface area (Å²) >= 11 is 0. The van der Waals surface area contributed by atoms with Gasteiger partial charge in [-0.05, 0) is 26.9 Å². The summed E-state index contributed by atoms with van der Waals surface area (Å²) in [4.78, 5) is 0. The van der Waals surface area contributed by atoms with E-state index in [4.69, 9.17) is 10.8 Å². The number of hydrogen-bond donors (Lipinski definition) is 4. The van der Waals surface area contributed by atoms with Gasteiger partial charge in [0, 0.05) is 18.4 Å². The van der Waals surface area contributed by atoms with Crippen molar-refractivity contribution in [2.24, 2.45) is 5.73 Å². The fourth-order valence-corrected chi connectivity index (χ4v) is 1.75. The van der Waals surface area contributed by atoms with E-state index in [-0.39, 0.29) is 20.2 Å². The Morgan fingerprint density at radius 3 is 2.85 bits per heavy atom. The molecule has 5 N–H and O–H groups in total. The molecule has 1 aromatic carbocycles. The number of hydrogen-bond acceptors (Lipinski definition) is 4. The maximum Gasteiger partial charge on any atom is 0.124 e. The Balaban J connectivity index is 2.59. The number of rotatable bonds is 4. The highest BCUT2D eigenvalue weighted by Gasteiger charge is 2.00. The van der Waals surface area contributed by atoms with E-state index in [2.05, 4.69) is 5.09 Å². The van der Waals surface area contributed by atoms with Gasteiger partial charge in [-0.3, -0.25) is 5.09 Å². The van der Waals surface area contributed by atoms with Gasteiger partial charge >= 0.3 is 0 Å². The van der Waals surface area contributed by atoms with Gasteiger partial charge in [-0.25, -0.2) is 0 Å². The van der Waals surface area contributed by atoms with Crippen LogP contribution in [0.25, 0.3) is 0 Å². The Morgan fingerprint density at radius 1 is 1.38 bits per heavy atom. The summed E-state index contributed by atoms with van der Waals surface area (Å²) in [5, 5.41) is 22.2. The minimum Gasteiger partial charge on any atom is -0.508 e. The second kappa shape index (κ2) is 5.02. The van der Waals surface area contributed by atoms with Gasteiger partial charge in [0.1, 0.15) is 11.5 Å². The van der Waals surface area contributed by atoms with Crippen LogP contribution in [0, 0.1) is 0 Å². The average molecular weight is 200 g/mol. The van der Waals surface area contributed by atoms with Crippen molar-refractivity contribution >= 4 is 14.0 Å². The molecule has 0 spiro atoms. The zero-order chi connectivity index (χ0) is 9.68. The Labute approximate surface area is 78.6 Å². The van der Waals surface area contributed by atoms with Crippen LogP contribution >= 0.6 is 8.73 Å². The Morgan fingerprint density at radius 2 is 2.15 bits per heavy atom. The van der Waals surface area contributed by atoms with Crippen LogP contribution in [0.1, 0.15) is 0 Å². The monoisotopic (exact) mass is 200 g/mol. The molecule has 72 valence electrons. The van der Waals surface area contributed by atoms with Gasteiger partial charge in [0.15, 0.2) is 0 Å². The van der Waals surface area contributed by atoms with Gasteiger partial charge in [-0.1, -0.05) is 0 Å². The second-order valence-corrected chi connectivity index (χ2v) is 3.68. The van der Waals surface area contributed by atoms with E-state index in [1.807, 2.05) is 0 Å². The van der Waals surface area contributed by atoms with Crippen LogP contribution in [-0.4, -0.2) is 23.3 Å². The van der Waals surface area contributed by atoms with Crippen LogP contribution in [0.3, 0.4) is 0 Å². The first kappa shape index (κ1) is 10.3. The number of phenols is 2. The molecule has 5 heteroatoms. The molecule has 0 fully saturated rings. The maximum atomic E-state index is 9.36. The lowest BCUT2D eigenvalue weighted by Gasteiger charge is -2.05. The molecule has 4 nitrogen and oxygen atoms in total. The molecular formula is C8H13N2O2P. The van der Waals surface area contributed by atoms with Crippen molar-refractivity contribution in [3.05, 3.63) is 18.2 Å². The Kier molecular flexibility index (Phi) is 3.96. The van der Waals surface area contributed by atoms with Crippen molar-refractivity contribution in [3.63, 3.8) is 0 Å². The van der Waals surface area contributed by atoms with E-state index in [9.17, 15) is 5.11 Å². The largest absolute Gasteiger partial charge is 0.508 e. The molecule has 0 aliphatic heterocycles. The summed E-state index contributed by atoms with van der Waals surface area (Å²) in [5.74, 6) is 0.357. The predicted octanol–water partition coefficient (Wildman–Crippen LogP) is -0.135. The van der Waals surface area contributed by atoms with Gasteiger partial charge in [0.25, 0.3) is 0 Å². The smallest absolute Gasteiger partial charge is 0.124 e. The highest BCUT2D eigenvalue weighted by Crippen LogP contribution is 2.19. The van der Waals surface area contributed by atoms with E-state index < -0.39 is 0 Å². The quantitative estimate of drug-likeness (QED) is 0.310. The Bertz CT molecular complexity index is 281. The molecule has 1 atom stereocenters. The van der Waals surface area contributed by atoms with Crippen molar-refractivity contribution in [3.8, 4) is 11.5 Å². The molecule has 0 amide bonds. The zero-order valence-corrected chi connectivity index (χ0v) is 8.12. The minimum absolute atomic E-state index is 0.162. The first-order chi connectivity index (χ1) is 6.24. The molecule has 13 heavy (non-hydrogen) atoms. The average Bonchev–Trinajstić information content (AvgIpc) is 2.11. The van der Waals surface area contributed by atoms with Crippen LogP contribution in [0.2, 0.25) is 0 Å². The normalized spacial score (nSPS) is 11.2. The second-order valence-electron chi connectivity index (χ2n) is 2.54. The predicted molar refractivity (Wildman–Crippen MR) is 54.8 cm³/mol. The lowest BCUT2D eigenvalue weighted by atomic mass is 10.3. The molecule has 1 rings (SSSR count). The summed E-state index contributed by atoms with van der Waals surface area (Å²) in [6.07, 6.45) is 0. The summed E-state index contributed by atoms with van der Waals surface area (Å²) < 4.78 is 0. The van der Waals surface area contributed by atoms with Crippen molar-refractivity contribution in [2.75, 3.05) is 13.1 Å². The zero-order valence-electron chi connectivity index (χ0n) is 7.12. The van der Waals surface area contributed by atoms with Crippen molar-refractivity contribution in [1.82, 2.24) is 5.09 Å². The van der Waals surface area contributed by atoms with E-state index in [0.717, 1.165) is 0 Å². The van der Waals surface area contributed by atoms with Gasteiger partial charge in [-0.2, -0.15) is 0 Å². The summed E-state index contributed by atoms with van der Waals surface area (Å²) in [6, 6.07) is 4.46. The molecule has 0 saturated heterocycles. The van der Waals surface area contributed by atoms with Gasteiger partial charge < -0.3 is 15.9 Å². The van der Waals surface area contributed by atoms with E-state index >= 15 is 0 Å². The highest BCUT2D eigenvalue weighted by atomic mass is 31.1. The van der Waals surface area contributed by atoms with Gasteiger partial charge in [0.05, 0.1) is 0 Å². The SMILES string of the molecule is NCCNPc1cc(O)ccc1O. The van der Waals surface area contributed by atoms with Crippen LogP contribution in [0.15, 0.2) is 18.2 Å². The van der Waals surface area contributed by atoms with Crippen LogP contribution in [0.5, 0.6) is 11.5 Å². The third-order valence-corrected chi connectivity index (χ3v) is 2.57. The van der Waals surface area contributed by atoms with Crippen LogP contribution in [-0.2, 0) is 0 Å². The molecule has 0 aromatic heterocycles. The molecule has 0 radical (unpaired) electrons. The fourth-order valence-electron chi connectivity index (χ4n) is 0.854. The fraction of sp³-hybridized carbons (Fsp3) is 0.250. The molecule has 0 heterocycles. The molecule has 0 saturated carbocycles. The van der Waals surface area contributed by atoms with Crippen LogP contribution in [0.4, 0.5) is 0 Å². The number of phenolic OH excluding ortho intramolecular Hbond substituents is 2. The maximum absolute atomic E-state index is 9.36. The first-order valence-electron chi connectivity index (χ1n) is 3.95. The molecule has 1 aromatic rings. The number of nitrogens with two attached hydrogens (primary N) is 1. The topological polar surface area (TPSA) is 78.5 Å². The van der Waals surface area contributed by atoms with Gasteiger partial charge in [-0.15, -0.1) is 0 Å². The van der Waals surface area contributed by atoms with E-state index in [1.165, 1.54) is 18.2 Å². The van der Waals surface area contributed by atoms with Gasteiger partial charge in [0.2, 0.25) is 0 Å². The van der Waals surface area contributed by atoms with Crippen molar-refractivity contribution in [1.29, 1.82) is 0 Å². The lowest BCUT2D eigenvalue weighted by molar-refractivity contribution is 0.464.